The molecule has 24 heavy (non-hydrogen) atoms. The SMILES string of the molecule is CNC(c1ccccn1)C1(C=O)CCN(C(=O)OC(C)(C)C)CC1. The van der Waals surface area contributed by atoms with Gasteiger partial charge in [0.1, 0.15) is 11.9 Å². The predicted octanol–water partition coefficient (Wildman–Crippen LogP) is 2.56. The number of rotatable bonds is 4. The fraction of sp³-hybridized carbons (Fsp3) is 0.611. The molecule has 0 aliphatic carbocycles. The second-order valence-corrected chi connectivity index (χ2v) is 7.29. The molecule has 1 N–H and O–H groups in total. The smallest absolute Gasteiger partial charge is 0.410 e. The van der Waals surface area contributed by atoms with Crippen LogP contribution in [0.25, 0.3) is 0 Å². The van der Waals surface area contributed by atoms with Crippen LogP contribution in [0.1, 0.15) is 45.3 Å². The number of aromatic nitrogens is 1. The Morgan fingerprint density at radius 3 is 2.50 bits per heavy atom. The Labute approximate surface area is 143 Å². The normalized spacial score (nSPS) is 18.8. The van der Waals surface area contributed by atoms with Crippen molar-refractivity contribution in [3.8, 4) is 0 Å². The first-order chi connectivity index (χ1) is 11.3. The Hall–Kier alpha value is -1.95. The van der Waals surface area contributed by atoms with Gasteiger partial charge in [0.25, 0.3) is 0 Å². The maximum atomic E-state index is 12.2. The van der Waals surface area contributed by atoms with E-state index in [0.29, 0.717) is 25.9 Å². The number of carbonyl (C=O) groups excluding carboxylic acids is 2. The molecular weight excluding hydrogens is 306 g/mol. The van der Waals surface area contributed by atoms with E-state index < -0.39 is 11.0 Å². The van der Waals surface area contributed by atoms with Crippen molar-refractivity contribution in [2.45, 2.75) is 45.3 Å². The Morgan fingerprint density at radius 2 is 2.04 bits per heavy atom. The Balaban J connectivity index is 2.11. The summed E-state index contributed by atoms with van der Waals surface area (Å²) in [6, 6.07) is 5.53. The van der Waals surface area contributed by atoms with Gasteiger partial charge in [-0.3, -0.25) is 4.98 Å². The fourth-order valence-electron chi connectivity index (χ4n) is 3.18. The highest BCUT2D eigenvalue weighted by Gasteiger charge is 2.43. The molecule has 1 saturated heterocycles. The number of hydrogen-bond acceptors (Lipinski definition) is 5. The molecule has 0 aromatic carbocycles. The van der Waals surface area contributed by atoms with E-state index in [9.17, 15) is 9.59 Å². The Kier molecular flexibility index (Phi) is 5.59. The lowest BCUT2D eigenvalue weighted by atomic mass is 9.72. The molecule has 1 atom stereocenters. The van der Waals surface area contributed by atoms with E-state index in [1.807, 2.05) is 46.0 Å². The number of ether oxygens (including phenoxy) is 1. The lowest BCUT2D eigenvalue weighted by molar-refractivity contribution is -0.121. The maximum absolute atomic E-state index is 12.2. The fourth-order valence-corrected chi connectivity index (χ4v) is 3.18. The number of likely N-dealkylation sites (tertiary alicyclic amines) is 1. The van der Waals surface area contributed by atoms with Gasteiger partial charge in [0, 0.05) is 19.3 Å². The van der Waals surface area contributed by atoms with Crippen LogP contribution in [0.4, 0.5) is 4.79 Å². The number of nitrogens with zero attached hydrogens (tertiary/aromatic N) is 2. The van der Waals surface area contributed by atoms with Crippen molar-refractivity contribution in [1.82, 2.24) is 15.2 Å². The number of amides is 1. The van der Waals surface area contributed by atoms with Gasteiger partial charge in [-0.15, -0.1) is 0 Å². The zero-order chi connectivity index (χ0) is 17.8. The van der Waals surface area contributed by atoms with Crippen molar-refractivity contribution >= 4 is 12.4 Å². The minimum Gasteiger partial charge on any atom is -0.444 e. The van der Waals surface area contributed by atoms with Crippen molar-refractivity contribution in [2.24, 2.45) is 5.41 Å². The lowest BCUT2D eigenvalue weighted by Gasteiger charge is -2.42. The average molecular weight is 333 g/mol. The van der Waals surface area contributed by atoms with Gasteiger partial charge in [0.15, 0.2) is 0 Å². The molecule has 132 valence electrons. The molecule has 1 aliphatic heterocycles. The van der Waals surface area contributed by atoms with Crippen LogP contribution in [0, 0.1) is 5.41 Å². The highest BCUT2D eigenvalue weighted by molar-refractivity contribution is 5.69. The van der Waals surface area contributed by atoms with Gasteiger partial charge in [-0.25, -0.2) is 4.79 Å². The summed E-state index contributed by atoms with van der Waals surface area (Å²) in [5.41, 5.74) is -0.239. The first kappa shape index (κ1) is 18.4. The van der Waals surface area contributed by atoms with Gasteiger partial charge < -0.3 is 19.7 Å². The molecule has 1 unspecified atom stereocenters. The van der Waals surface area contributed by atoms with Crippen molar-refractivity contribution in [2.75, 3.05) is 20.1 Å². The van der Waals surface area contributed by atoms with Crippen molar-refractivity contribution in [3.63, 3.8) is 0 Å². The zero-order valence-corrected chi connectivity index (χ0v) is 14.9. The van der Waals surface area contributed by atoms with Gasteiger partial charge in [-0.1, -0.05) is 6.07 Å². The average Bonchev–Trinajstić information content (AvgIpc) is 2.55. The number of piperidine rings is 1. The van der Waals surface area contributed by atoms with Gasteiger partial charge in [0.2, 0.25) is 0 Å². The molecule has 1 fully saturated rings. The van der Waals surface area contributed by atoms with Crippen LogP contribution < -0.4 is 5.32 Å². The lowest BCUT2D eigenvalue weighted by Crippen LogP contribution is -2.50. The van der Waals surface area contributed by atoms with Crippen LogP contribution in [-0.2, 0) is 9.53 Å². The molecule has 6 heteroatoms. The molecule has 0 bridgehead atoms. The van der Waals surface area contributed by atoms with E-state index in [4.69, 9.17) is 4.74 Å². The standard InChI is InChI=1S/C18H27N3O3/c1-17(2,3)24-16(23)21-11-8-18(13-22,9-12-21)15(19-4)14-7-5-6-10-20-14/h5-7,10,13,15,19H,8-9,11-12H2,1-4H3. The number of carbonyl (C=O) groups is 2. The van der Waals surface area contributed by atoms with Crippen LogP contribution in [-0.4, -0.2) is 48.0 Å². The third kappa shape index (κ3) is 4.12. The molecule has 0 saturated carbocycles. The van der Waals surface area contributed by atoms with Crippen molar-refractivity contribution in [1.29, 1.82) is 0 Å². The number of pyridine rings is 1. The van der Waals surface area contributed by atoms with Gasteiger partial charge in [-0.2, -0.15) is 0 Å². The van der Waals surface area contributed by atoms with Gasteiger partial charge in [0.05, 0.1) is 17.2 Å². The van der Waals surface area contributed by atoms with Crippen LogP contribution >= 0.6 is 0 Å². The Morgan fingerprint density at radius 1 is 1.38 bits per heavy atom. The molecule has 1 aromatic rings. The van der Waals surface area contributed by atoms with E-state index in [1.165, 1.54) is 0 Å². The molecule has 1 amide bonds. The summed E-state index contributed by atoms with van der Waals surface area (Å²) in [6.07, 6.45) is 3.60. The van der Waals surface area contributed by atoms with Crippen LogP contribution in [0.2, 0.25) is 0 Å². The van der Waals surface area contributed by atoms with E-state index >= 15 is 0 Å². The quantitative estimate of drug-likeness (QED) is 0.858. The summed E-state index contributed by atoms with van der Waals surface area (Å²) in [5.74, 6) is 0. The number of aldehydes is 1. The zero-order valence-electron chi connectivity index (χ0n) is 14.9. The summed E-state index contributed by atoms with van der Waals surface area (Å²) in [4.78, 5) is 30.2. The van der Waals surface area contributed by atoms with Crippen molar-refractivity contribution < 1.29 is 14.3 Å². The molecule has 2 heterocycles. The first-order valence-electron chi connectivity index (χ1n) is 8.34. The predicted molar refractivity (Wildman–Crippen MR) is 91.6 cm³/mol. The van der Waals surface area contributed by atoms with E-state index in [2.05, 4.69) is 10.3 Å². The van der Waals surface area contributed by atoms with Crippen LogP contribution in [0.3, 0.4) is 0 Å². The van der Waals surface area contributed by atoms with Crippen LogP contribution in [0.15, 0.2) is 24.4 Å². The molecular formula is C18H27N3O3. The topological polar surface area (TPSA) is 71.5 Å². The summed E-state index contributed by atoms with van der Waals surface area (Å²) >= 11 is 0. The molecule has 6 nitrogen and oxygen atoms in total. The third-order valence-electron chi connectivity index (χ3n) is 4.43. The van der Waals surface area contributed by atoms with Crippen LogP contribution in [0.5, 0.6) is 0 Å². The van der Waals surface area contributed by atoms with Crippen molar-refractivity contribution in [3.05, 3.63) is 30.1 Å². The minimum absolute atomic E-state index is 0.169. The highest BCUT2D eigenvalue weighted by Crippen LogP contribution is 2.40. The Bertz CT molecular complexity index is 561. The number of hydrogen-bond donors (Lipinski definition) is 1. The number of nitrogens with one attached hydrogen (secondary N) is 1. The second-order valence-electron chi connectivity index (χ2n) is 7.29. The summed E-state index contributed by atoms with van der Waals surface area (Å²) in [5, 5.41) is 3.23. The minimum atomic E-state index is -0.568. The monoisotopic (exact) mass is 333 g/mol. The summed E-state index contributed by atoms with van der Waals surface area (Å²) in [7, 11) is 1.84. The largest absolute Gasteiger partial charge is 0.444 e. The summed E-state index contributed by atoms with van der Waals surface area (Å²) < 4.78 is 5.42. The van der Waals surface area contributed by atoms with E-state index in [-0.39, 0.29) is 12.1 Å². The highest BCUT2D eigenvalue weighted by atomic mass is 16.6. The van der Waals surface area contributed by atoms with E-state index in [1.54, 1.807) is 11.1 Å². The third-order valence-corrected chi connectivity index (χ3v) is 4.43. The second kappa shape index (κ2) is 7.30. The van der Waals surface area contributed by atoms with E-state index in [0.717, 1.165) is 12.0 Å². The molecule has 0 spiro atoms. The molecule has 1 aliphatic rings. The summed E-state index contributed by atoms with van der Waals surface area (Å²) in [6.45, 7) is 6.55. The van der Waals surface area contributed by atoms with Gasteiger partial charge >= 0.3 is 6.09 Å². The molecule has 0 radical (unpaired) electrons. The van der Waals surface area contributed by atoms with Gasteiger partial charge in [-0.05, 0) is 52.8 Å². The first-order valence-corrected chi connectivity index (χ1v) is 8.34. The molecule has 1 aromatic heterocycles. The maximum Gasteiger partial charge on any atom is 0.410 e. The molecule has 2 rings (SSSR count).